The van der Waals surface area contributed by atoms with Gasteiger partial charge in [0.25, 0.3) is 0 Å². The highest BCUT2D eigenvalue weighted by Gasteiger charge is 2.51. The fourth-order valence-electron chi connectivity index (χ4n) is 4.10. The Labute approximate surface area is 190 Å². The van der Waals surface area contributed by atoms with Gasteiger partial charge in [-0.3, -0.25) is 4.79 Å². The molecule has 0 bridgehead atoms. The first-order valence-electron chi connectivity index (χ1n) is 10.5. The summed E-state index contributed by atoms with van der Waals surface area (Å²) in [4.78, 5) is 14.0. The van der Waals surface area contributed by atoms with Crippen LogP contribution in [0.25, 0.3) is 11.1 Å². The van der Waals surface area contributed by atoms with E-state index in [1.807, 2.05) is 67.6 Å². The Bertz CT molecular complexity index is 1180. The van der Waals surface area contributed by atoms with E-state index < -0.39 is 16.8 Å². The molecule has 0 aromatic heterocycles. The average molecular weight is 449 g/mol. The molecule has 1 aliphatic heterocycles. The highest BCUT2D eigenvalue weighted by Crippen LogP contribution is 2.51. The largest absolute Gasteiger partial charge is 0.593 e. The molecule has 3 aromatic rings. The lowest BCUT2D eigenvalue weighted by Gasteiger charge is -2.17. The highest BCUT2D eigenvalue weighted by atomic mass is 32.2. The minimum Gasteiger partial charge on any atom is -0.593 e. The minimum absolute atomic E-state index is 0.00840. The van der Waals surface area contributed by atoms with Gasteiger partial charge in [-0.2, -0.15) is 0 Å². The summed E-state index contributed by atoms with van der Waals surface area (Å²) in [7, 11) is 1.66. The van der Waals surface area contributed by atoms with Crippen LogP contribution in [0, 0.1) is 6.92 Å². The predicted molar refractivity (Wildman–Crippen MR) is 124 cm³/mol. The standard InChI is InChI=1S/C25H24N2O4S/c1-16-3-7-19(14-21(16)17-4-8-20(9-5-17)32(29)26-2)27-24(28)25(11-12-25)18-6-10-22-23(13-18)31-15-30-22/h3-10,13-14,26H,11-12,15H2,1-2H3,(H,27,28). The van der Waals surface area contributed by atoms with E-state index in [9.17, 15) is 9.35 Å². The van der Waals surface area contributed by atoms with Gasteiger partial charge in [-0.05, 0) is 90.6 Å². The zero-order valence-corrected chi connectivity index (χ0v) is 18.8. The molecule has 164 valence electrons. The fourth-order valence-corrected chi connectivity index (χ4v) is 4.72. The number of benzene rings is 3. The number of fused-ring (bicyclic) bond motifs is 1. The van der Waals surface area contributed by atoms with Crippen molar-refractivity contribution in [1.82, 2.24) is 4.72 Å². The summed E-state index contributed by atoms with van der Waals surface area (Å²) in [5, 5.41) is 3.12. The first kappa shape index (κ1) is 20.9. The molecule has 6 nitrogen and oxygen atoms in total. The maximum absolute atomic E-state index is 13.3. The number of hydrogen-bond donors (Lipinski definition) is 2. The fraction of sp³-hybridized carbons (Fsp3) is 0.240. The Morgan fingerprint density at radius 3 is 2.47 bits per heavy atom. The third-order valence-corrected chi connectivity index (χ3v) is 7.24. The zero-order valence-electron chi connectivity index (χ0n) is 17.9. The Balaban J connectivity index is 1.37. The van der Waals surface area contributed by atoms with E-state index in [4.69, 9.17) is 9.47 Å². The summed E-state index contributed by atoms with van der Waals surface area (Å²) >= 11 is -1.22. The van der Waals surface area contributed by atoms with Crippen LogP contribution >= 0.6 is 0 Å². The summed E-state index contributed by atoms with van der Waals surface area (Å²) in [6, 6.07) is 19.3. The van der Waals surface area contributed by atoms with Gasteiger partial charge in [0, 0.05) is 12.7 Å². The number of amides is 1. The maximum atomic E-state index is 13.3. The van der Waals surface area contributed by atoms with Crippen molar-refractivity contribution in [2.24, 2.45) is 0 Å². The second kappa shape index (κ2) is 8.16. The van der Waals surface area contributed by atoms with Crippen LogP contribution in [0.3, 0.4) is 0 Å². The third kappa shape index (κ3) is 3.72. The van der Waals surface area contributed by atoms with Gasteiger partial charge in [-0.1, -0.05) is 12.1 Å². The van der Waals surface area contributed by atoms with E-state index in [0.717, 1.165) is 51.4 Å². The summed E-state index contributed by atoms with van der Waals surface area (Å²) in [6.07, 6.45) is 1.61. The summed E-state index contributed by atoms with van der Waals surface area (Å²) < 4.78 is 25.5. The maximum Gasteiger partial charge on any atom is 0.235 e. The number of rotatable bonds is 6. The summed E-state index contributed by atoms with van der Waals surface area (Å²) in [6.45, 7) is 2.26. The van der Waals surface area contributed by atoms with E-state index in [1.54, 1.807) is 7.05 Å². The zero-order chi connectivity index (χ0) is 22.3. The number of aryl methyl sites for hydroxylation is 1. The average Bonchev–Trinajstić information content (AvgIpc) is 3.50. The lowest BCUT2D eigenvalue weighted by Crippen LogP contribution is -2.27. The first-order valence-corrected chi connectivity index (χ1v) is 11.7. The SMILES string of the molecule is CN[S+]([O-])c1ccc(-c2cc(NC(=O)C3(c4ccc5c(c4)OCO5)CC3)ccc2C)cc1. The molecule has 1 aliphatic carbocycles. The van der Waals surface area contributed by atoms with Gasteiger partial charge in [0.15, 0.2) is 16.4 Å². The van der Waals surface area contributed by atoms with Crippen LogP contribution in [0.1, 0.15) is 24.0 Å². The molecule has 1 fully saturated rings. The van der Waals surface area contributed by atoms with E-state index in [1.165, 1.54) is 0 Å². The molecular weight excluding hydrogens is 424 g/mol. The molecule has 1 heterocycles. The first-order chi connectivity index (χ1) is 15.5. The molecule has 1 atom stereocenters. The second-order valence-electron chi connectivity index (χ2n) is 8.13. The molecule has 1 amide bonds. The second-order valence-corrected chi connectivity index (χ2v) is 9.55. The highest BCUT2D eigenvalue weighted by molar-refractivity contribution is 7.89. The quantitative estimate of drug-likeness (QED) is 0.550. The molecule has 2 N–H and O–H groups in total. The van der Waals surface area contributed by atoms with E-state index >= 15 is 0 Å². The molecule has 0 spiro atoms. The number of anilines is 1. The molecule has 0 radical (unpaired) electrons. The van der Waals surface area contributed by atoms with Gasteiger partial charge in [0.2, 0.25) is 12.7 Å². The van der Waals surface area contributed by atoms with E-state index in [-0.39, 0.29) is 12.7 Å². The van der Waals surface area contributed by atoms with Crippen molar-refractivity contribution in [2.75, 3.05) is 19.2 Å². The van der Waals surface area contributed by atoms with Gasteiger partial charge in [-0.25, -0.2) is 0 Å². The van der Waals surface area contributed by atoms with Gasteiger partial charge in [0.05, 0.1) is 16.8 Å². The topological polar surface area (TPSA) is 82.7 Å². The van der Waals surface area contributed by atoms with Crippen LogP contribution < -0.4 is 19.5 Å². The molecule has 3 aromatic carbocycles. The van der Waals surface area contributed by atoms with Crippen molar-refractivity contribution >= 4 is 23.0 Å². The van der Waals surface area contributed by atoms with Crippen molar-refractivity contribution < 1.29 is 18.8 Å². The summed E-state index contributed by atoms with van der Waals surface area (Å²) in [5.74, 6) is 1.41. The molecular formula is C25H24N2O4S. The van der Waals surface area contributed by atoms with Gasteiger partial charge in [0.1, 0.15) is 0 Å². The molecule has 1 unspecified atom stereocenters. The van der Waals surface area contributed by atoms with Crippen molar-refractivity contribution in [3.8, 4) is 22.6 Å². The number of carbonyl (C=O) groups is 1. The van der Waals surface area contributed by atoms with Crippen LogP contribution in [0.15, 0.2) is 65.6 Å². The molecule has 1 saturated carbocycles. The number of hydrogen-bond acceptors (Lipinski definition) is 5. The Kier molecular flexibility index (Phi) is 5.33. The lowest BCUT2D eigenvalue weighted by atomic mass is 9.94. The minimum atomic E-state index is -1.22. The van der Waals surface area contributed by atoms with Crippen LogP contribution in [-0.4, -0.2) is 24.3 Å². The van der Waals surface area contributed by atoms with Crippen LogP contribution in [-0.2, 0) is 21.6 Å². The molecule has 7 heteroatoms. The van der Waals surface area contributed by atoms with Gasteiger partial charge < -0.3 is 19.3 Å². The van der Waals surface area contributed by atoms with Crippen LogP contribution in [0.4, 0.5) is 5.69 Å². The normalized spacial score (nSPS) is 16.5. The van der Waals surface area contributed by atoms with E-state index in [2.05, 4.69) is 10.0 Å². The number of nitrogens with one attached hydrogen (secondary N) is 2. The van der Waals surface area contributed by atoms with Gasteiger partial charge in [-0.15, -0.1) is 4.72 Å². The van der Waals surface area contributed by atoms with Crippen molar-refractivity contribution in [3.63, 3.8) is 0 Å². The third-order valence-electron chi connectivity index (χ3n) is 6.17. The Morgan fingerprint density at radius 1 is 1.00 bits per heavy atom. The molecule has 2 aliphatic rings. The van der Waals surface area contributed by atoms with Gasteiger partial charge >= 0.3 is 0 Å². The molecule has 5 rings (SSSR count). The van der Waals surface area contributed by atoms with Crippen LogP contribution in [0.2, 0.25) is 0 Å². The smallest absolute Gasteiger partial charge is 0.235 e. The van der Waals surface area contributed by atoms with E-state index in [0.29, 0.717) is 5.75 Å². The molecule has 0 saturated heterocycles. The van der Waals surface area contributed by atoms with Crippen molar-refractivity contribution in [1.29, 1.82) is 0 Å². The lowest BCUT2D eigenvalue weighted by molar-refractivity contribution is -0.118. The molecule has 32 heavy (non-hydrogen) atoms. The van der Waals surface area contributed by atoms with Crippen molar-refractivity contribution in [2.45, 2.75) is 30.1 Å². The Hall–Kier alpha value is -3.00. The van der Waals surface area contributed by atoms with Crippen molar-refractivity contribution in [3.05, 3.63) is 71.8 Å². The van der Waals surface area contributed by atoms with Crippen LogP contribution in [0.5, 0.6) is 11.5 Å². The number of ether oxygens (including phenoxy) is 2. The Morgan fingerprint density at radius 2 is 1.75 bits per heavy atom. The summed E-state index contributed by atoms with van der Waals surface area (Å²) in [5.41, 5.74) is 4.32. The predicted octanol–water partition coefficient (Wildman–Crippen LogP) is 4.30. The monoisotopic (exact) mass is 448 g/mol. The number of carbonyl (C=O) groups excluding carboxylic acids is 1.